The first-order valence-electron chi connectivity index (χ1n) is 7.43. The largest absolute Gasteiger partial charge is 0.490 e. The highest BCUT2D eigenvalue weighted by molar-refractivity contribution is 9.10. The molecular formula is C16H16BrNO5S2. The molecule has 6 nitrogen and oxygen atoms in total. The Morgan fingerprint density at radius 1 is 1.36 bits per heavy atom. The molecule has 0 atom stereocenters. The van der Waals surface area contributed by atoms with Crippen molar-refractivity contribution in [1.82, 2.24) is 4.90 Å². The number of carboxylic acids is 1. The highest BCUT2D eigenvalue weighted by Gasteiger charge is 2.33. The number of ether oxygens (including phenoxy) is 2. The van der Waals surface area contributed by atoms with Crippen molar-refractivity contribution in [3.63, 3.8) is 0 Å². The van der Waals surface area contributed by atoms with E-state index >= 15 is 0 Å². The van der Waals surface area contributed by atoms with E-state index in [1.165, 1.54) is 0 Å². The molecule has 1 aromatic rings. The van der Waals surface area contributed by atoms with Gasteiger partial charge in [-0.2, -0.15) is 0 Å². The van der Waals surface area contributed by atoms with Crippen molar-refractivity contribution in [2.24, 2.45) is 0 Å². The molecule has 1 fully saturated rings. The minimum absolute atomic E-state index is 0.230. The summed E-state index contributed by atoms with van der Waals surface area (Å²) in [6, 6.07) is 3.57. The SMILES string of the molecule is CCOc1cc(/C=C2\SC(=S)N(CC(=O)O)C2=O)cc(Br)c1OCC. The van der Waals surface area contributed by atoms with E-state index in [0.29, 0.717) is 34.1 Å². The number of amides is 1. The van der Waals surface area contributed by atoms with Crippen molar-refractivity contribution in [2.45, 2.75) is 13.8 Å². The second kappa shape index (κ2) is 8.68. The van der Waals surface area contributed by atoms with Gasteiger partial charge in [0, 0.05) is 0 Å². The third-order valence-corrected chi connectivity index (χ3v) is 5.05. The molecule has 1 aromatic carbocycles. The fourth-order valence-corrected chi connectivity index (χ4v) is 3.97. The lowest BCUT2D eigenvalue weighted by atomic mass is 10.2. The van der Waals surface area contributed by atoms with Crippen LogP contribution in [0.25, 0.3) is 6.08 Å². The van der Waals surface area contributed by atoms with Crippen molar-refractivity contribution < 1.29 is 24.2 Å². The smallest absolute Gasteiger partial charge is 0.323 e. The van der Waals surface area contributed by atoms with Crippen LogP contribution in [0.15, 0.2) is 21.5 Å². The Morgan fingerprint density at radius 2 is 2.04 bits per heavy atom. The Hall–Kier alpha value is -1.58. The quantitative estimate of drug-likeness (QED) is 0.507. The summed E-state index contributed by atoms with van der Waals surface area (Å²) in [5.41, 5.74) is 0.717. The molecule has 25 heavy (non-hydrogen) atoms. The summed E-state index contributed by atoms with van der Waals surface area (Å²) in [7, 11) is 0. The second-order valence-corrected chi connectivity index (χ2v) is 7.39. The number of halogens is 1. The van der Waals surface area contributed by atoms with E-state index in [0.717, 1.165) is 22.2 Å². The van der Waals surface area contributed by atoms with Gasteiger partial charge in [-0.25, -0.2) is 0 Å². The number of benzene rings is 1. The molecule has 0 aliphatic carbocycles. The van der Waals surface area contributed by atoms with Crippen LogP contribution in [0, 0.1) is 0 Å². The molecule has 1 N–H and O–H groups in total. The second-order valence-electron chi connectivity index (χ2n) is 4.86. The molecule has 9 heteroatoms. The highest BCUT2D eigenvalue weighted by Crippen LogP contribution is 2.39. The predicted molar refractivity (Wildman–Crippen MR) is 104 cm³/mol. The van der Waals surface area contributed by atoms with E-state index in [2.05, 4.69) is 15.9 Å². The minimum atomic E-state index is -1.11. The van der Waals surface area contributed by atoms with E-state index < -0.39 is 18.4 Å². The summed E-state index contributed by atoms with van der Waals surface area (Å²) >= 11 is 9.61. The standard InChI is InChI=1S/C16H16BrNO5S2/c1-3-22-11-6-9(5-10(17)14(11)23-4-2)7-12-15(21)18(8-13(19)20)16(24)25-12/h5-7H,3-4,8H2,1-2H3,(H,19,20)/b12-7-. The van der Waals surface area contributed by atoms with Gasteiger partial charge in [-0.3, -0.25) is 14.5 Å². The van der Waals surface area contributed by atoms with Crippen LogP contribution in [0.4, 0.5) is 0 Å². The number of nitrogens with zero attached hydrogens (tertiary/aromatic N) is 1. The number of hydrogen-bond donors (Lipinski definition) is 1. The zero-order valence-electron chi connectivity index (χ0n) is 13.6. The lowest BCUT2D eigenvalue weighted by Gasteiger charge is -2.13. The maximum atomic E-state index is 12.3. The van der Waals surface area contributed by atoms with E-state index in [1.54, 1.807) is 18.2 Å². The Bertz CT molecular complexity index is 750. The molecule has 0 bridgehead atoms. The molecular weight excluding hydrogens is 430 g/mol. The number of thioether (sulfide) groups is 1. The molecule has 0 unspecified atom stereocenters. The Balaban J connectivity index is 2.36. The van der Waals surface area contributed by atoms with Crippen molar-refractivity contribution >= 4 is 62.2 Å². The number of carbonyl (C=O) groups is 2. The Kier molecular flexibility index (Phi) is 6.86. The van der Waals surface area contributed by atoms with Gasteiger partial charge in [0.05, 0.1) is 22.6 Å². The third kappa shape index (κ3) is 4.74. The molecule has 1 aliphatic rings. The molecule has 0 saturated carbocycles. The fraction of sp³-hybridized carbons (Fsp3) is 0.312. The van der Waals surface area contributed by atoms with Crippen LogP contribution in [0.3, 0.4) is 0 Å². The van der Waals surface area contributed by atoms with Gasteiger partial charge in [0.2, 0.25) is 0 Å². The van der Waals surface area contributed by atoms with Gasteiger partial charge in [0.1, 0.15) is 10.9 Å². The summed E-state index contributed by atoms with van der Waals surface area (Å²) in [6.45, 7) is 4.26. The molecule has 0 radical (unpaired) electrons. The van der Waals surface area contributed by atoms with E-state index in [-0.39, 0.29) is 4.32 Å². The van der Waals surface area contributed by atoms with Gasteiger partial charge < -0.3 is 14.6 Å². The number of carboxylic acid groups (broad SMARTS) is 1. The van der Waals surface area contributed by atoms with Crippen LogP contribution in [0.2, 0.25) is 0 Å². The minimum Gasteiger partial charge on any atom is -0.490 e. The van der Waals surface area contributed by atoms with E-state index in [4.69, 9.17) is 26.8 Å². The summed E-state index contributed by atoms with van der Waals surface area (Å²) in [5.74, 6) is -0.369. The van der Waals surface area contributed by atoms with Crippen LogP contribution in [0.5, 0.6) is 11.5 Å². The van der Waals surface area contributed by atoms with Crippen LogP contribution in [-0.2, 0) is 9.59 Å². The van der Waals surface area contributed by atoms with Gasteiger partial charge >= 0.3 is 5.97 Å². The van der Waals surface area contributed by atoms with Gasteiger partial charge in [-0.15, -0.1) is 0 Å². The summed E-state index contributed by atoms with van der Waals surface area (Å²) in [5, 5.41) is 8.88. The molecule has 1 aliphatic heterocycles. The molecule has 1 heterocycles. The van der Waals surface area contributed by atoms with E-state index in [1.807, 2.05) is 13.8 Å². The summed E-state index contributed by atoms with van der Waals surface area (Å²) in [6.07, 6.45) is 1.66. The van der Waals surface area contributed by atoms with Gasteiger partial charge in [-0.1, -0.05) is 24.0 Å². The number of carbonyl (C=O) groups excluding carboxylic acids is 1. The van der Waals surface area contributed by atoms with E-state index in [9.17, 15) is 9.59 Å². The Labute approximate surface area is 163 Å². The maximum absolute atomic E-state index is 12.3. The molecule has 134 valence electrons. The molecule has 0 spiro atoms. The van der Waals surface area contributed by atoms with Crippen molar-refractivity contribution in [3.05, 3.63) is 27.1 Å². The van der Waals surface area contributed by atoms with Crippen LogP contribution < -0.4 is 9.47 Å². The molecule has 1 saturated heterocycles. The molecule has 1 amide bonds. The lowest BCUT2D eigenvalue weighted by molar-refractivity contribution is -0.140. The van der Waals surface area contributed by atoms with Gasteiger partial charge in [0.25, 0.3) is 5.91 Å². The average Bonchev–Trinajstić information content (AvgIpc) is 2.78. The predicted octanol–water partition coefficient (Wildman–Crippen LogP) is 3.53. The van der Waals surface area contributed by atoms with Crippen molar-refractivity contribution in [3.8, 4) is 11.5 Å². The third-order valence-electron chi connectivity index (χ3n) is 3.09. The number of aliphatic carboxylic acids is 1. The first-order valence-corrected chi connectivity index (χ1v) is 9.45. The first-order chi connectivity index (χ1) is 11.9. The zero-order valence-corrected chi connectivity index (χ0v) is 16.8. The monoisotopic (exact) mass is 445 g/mol. The summed E-state index contributed by atoms with van der Waals surface area (Å²) < 4.78 is 12.1. The van der Waals surface area contributed by atoms with Gasteiger partial charge in [-0.05, 0) is 53.5 Å². The normalized spacial score (nSPS) is 15.8. The molecule has 2 rings (SSSR count). The van der Waals surface area contributed by atoms with Crippen molar-refractivity contribution in [2.75, 3.05) is 19.8 Å². The van der Waals surface area contributed by atoms with Crippen molar-refractivity contribution in [1.29, 1.82) is 0 Å². The fourth-order valence-electron chi connectivity index (χ4n) is 2.14. The highest BCUT2D eigenvalue weighted by atomic mass is 79.9. The maximum Gasteiger partial charge on any atom is 0.323 e. The van der Waals surface area contributed by atoms with Gasteiger partial charge in [0.15, 0.2) is 11.5 Å². The topological polar surface area (TPSA) is 76.1 Å². The number of thiocarbonyl (C=S) groups is 1. The van der Waals surface area contributed by atoms with Crippen LogP contribution >= 0.6 is 39.9 Å². The van der Waals surface area contributed by atoms with Crippen LogP contribution in [0.1, 0.15) is 19.4 Å². The average molecular weight is 446 g/mol. The summed E-state index contributed by atoms with van der Waals surface area (Å²) in [4.78, 5) is 24.6. The van der Waals surface area contributed by atoms with Crippen LogP contribution in [-0.4, -0.2) is 46.0 Å². The first kappa shape index (κ1) is 19.7. The number of hydrogen-bond acceptors (Lipinski definition) is 6. The lowest BCUT2D eigenvalue weighted by Crippen LogP contribution is -2.33. The number of rotatable bonds is 7. The molecule has 0 aromatic heterocycles. The Morgan fingerprint density at radius 3 is 2.64 bits per heavy atom. The zero-order chi connectivity index (χ0) is 18.6.